The van der Waals surface area contributed by atoms with Gasteiger partial charge in [-0.15, -0.1) is 0 Å². The average molecular weight is 315 g/mol. The normalized spacial score (nSPS) is 14.2. The van der Waals surface area contributed by atoms with E-state index in [1.807, 2.05) is 0 Å². The van der Waals surface area contributed by atoms with Gasteiger partial charge < -0.3 is 10.2 Å². The molecule has 0 aromatic carbocycles. The fourth-order valence-corrected chi connectivity index (χ4v) is 3.05. The fourth-order valence-electron chi connectivity index (χ4n) is 3.05. The second kappa shape index (κ2) is 17.3. The molecule has 0 heterocycles. The maximum absolute atomic E-state index is 9.90. The standard InChI is InChI=1S/C20H42O2/c1-3-5-6-7-8-9-10-11-12-13-14-16-20(22)18-17-19(21)15-4-2/h19-22H,3-18H2,1-2H3. The van der Waals surface area contributed by atoms with Crippen LogP contribution in [0, 0.1) is 0 Å². The highest BCUT2D eigenvalue weighted by Gasteiger charge is 2.08. The second-order valence-corrected chi connectivity index (χ2v) is 7.00. The van der Waals surface area contributed by atoms with E-state index in [1.54, 1.807) is 0 Å². The Labute approximate surface area is 139 Å². The van der Waals surface area contributed by atoms with E-state index in [1.165, 1.54) is 64.2 Å². The Bertz CT molecular complexity index is 206. The van der Waals surface area contributed by atoms with Crippen LogP contribution >= 0.6 is 0 Å². The molecule has 2 heteroatoms. The molecular weight excluding hydrogens is 272 g/mol. The second-order valence-electron chi connectivity index (χ2n) is 7.00. The monoisotopic (exact) mass is 314 g/mol. The molecule has 0 amide bonds. The third kappa shape index (κ3) is 16.3. The summed E-state index contributed by atoms with van der Waals surface area (Å²) in [5, 5.41) is 19.5. The molecule has 2 nitrogen and oxygen atoms in total. The zero-order valence-electron chi connectivity index (χ0n) is 15.4. The van der Waals surface area contributed by atoms with Crippen LogP contribution in [0.1, 0.15) is 117 Å². The molecule has 2 unspecified atom stereocenters. The average Bonchev–Trinajstić information content (AvgIpc) is 2.51. The summed E-state index contributed by atoms with van der Waals surface area (Å²) in [6, 6.07) is 0. The predicted octanol–water partition coefficient (Wildman–Crippen LogP) is 5.99. The molecule has 0 saturated heterocycles. The summed E-state index contributed by atoms with van der Waals surface area (Å²) < 4.78 is 0. The van der Waals surface area contributed by atoms with Crippen LogP contribution in [0.25, 0.3) is 0 Å². The summed E-state index contributed by atoms with van der Waals surface area (Å²) in [7, 11) is 0. The lowest BCUT2D eigenvalue weighted by atomic mass is 10.0. The molecular formula is C20H42O2. The minimum atomic E-state index is -0.211. The van der Waals surface area contributed by atoms with Gasteiger partial charge in [0.25, 0.3) is 0 Å². The first-order valence-corrected chi connectivity index (χ1v) is 10.1. The van der Waals surface area contributed by atoms with Crippen molar-refractivity contribution in [3.63, 3.8) is 0 Å². The quantitative estimate of drug-likeness (QED) is 0.324. The molecule has 0 aliphatic carbocycles. The van der Waals surface area contributed by atoms with Gasteiger partial charge in [0.15, 0.2) is 0 Å². The van der Waals surface area contributed by atoms with Gasteiger partial charge in [0.1, 0.15) is 0 Å². The van der Waals surface area contributed by atoms with E-state index in [9.17, 15) is 10.2 Å². The van der Waals surface area contributed by atoms with Crippen LogP contribution in [0.15, 0.2) is 0 Å². The van der Waals surface area contributed by atoms with Gasteiger partial charge in [0.05, 0.1) is 12.2 Å². The van der Waals surface area contributed by atoms with Crippen LogP contribution in [0.5, 0.6) is 0 Å². The van der Waals surface area contributed by atoms with E-state index in [0.717, 1.165) is 38.5 Å². The van der Waals surface area contributed by atoms with Crippen molar-refractivity contribution in [2.24, 2.45) is 0 Å². The van der Waals surface area contributed by atoms with E-state index < -0.39 is 0 Å². The number of rotatable bonds is 17. The van der Waals surface area contributed by atoms with Gasteiger partial charge in [-0.3, -0.25) is 0 Å². The van der Waals surface area contributed by atoms with Crippen LogP contribution in [-0.4, -0.2) is 22.4 Å². The minimum Gasteiger partial charge on any atom is -0.393 e. The molecule has 0 bridgehead atoms. The van der Waals surface area contributed by atoms with Crippen LogP contribution in [0.4, 0.5) is 0 Å². The molecule has 134 valence electrons. The molecule has 0 rings (SSSR count). The van der Waals surface area contributed by atoms with Gasteiger partial charge in [0.2, 0.25) is 0 Å². The largest absolute Gasteiger partial charge is 0.393 e. The summed E-state index contributed by atoms with van der Waals surface area (Å²) in [4.78, 5) is 0. The number of hydrogen-bond donors (Lipinski definition) is 2. The number of hydrogen-bond acceptors (Lipinski definition) is 2. The lowest BCUT2D eigenvalue weighted by Crippen LogP contribution is -2.13. The number of aliphatic hydroxyl groups excluding tert-OH is 2. The van der Waals surface area contributed by atoms with E-state index in [4.69, 9.17) is 0 Å². The van der Waals surface area contributed by atoms with Gasteiger partial charge in [-0.1, -0.05) is 90.9 Å². The van der Waals surface area contributed by atoms with Crippen molar-refractivity contribution in [1.29, 1.82) is 0 Å². The first-order valence-electron chi connectivity index (χ1n) is 10.1. The maximum atomic E-state index is 9.90. The van der Waals surface area contributed by atoms with Gasteiger partial charge in [0, 0.05) is 0 Å². The Morgan fingerprint density at radius 3 is 1.32 bits per heavy atom. The van der Waals surface area contributed by atoms with Crippen LogP contribution in [0.2, 0.25) is 0 Å². The zero-order valence-corrected chi connectivity index (χ0v) is 15.4. The zero-order chi connectivity index (χ0) is 16.5. The molecule has 0 saturated carbocycles. The van der Waals surface area contributed by atoms with Crippen molar-refractivity contribution < 1.29 is 10.2 Å². The van der Waals surface area contributed by atoms with Crippen molar-refractivity contribution in [3.05, 3.63) is 0 Å². The van der Waals surface area contributed by atoms with Crippen LogP contribution in [0.3, 0.4) is 0 Å². The Kier molecular flexibility index (Phi) is 17.2. The van der Waals surface area contributed by atoms with Crippen molar-refractivity contribution in [2.45, 2.75) is 129 Å². The highest BCUT2D eigenvalue weighted by atomic mass is 16.3. The third-order valence-corrected chi connectivity index (χ3v) is 4.60. The molecule has 2 N–H and O–H groups in total. The lowest BCUT2D eigenvalue weighted by molar-refractivity contribution is 0.102. The Morgan fingerprint density at radius 1 is 0.455 bits per heavy atom. The fraction of sp³-hybridized carbons (Fsp3) is 1.00. The predicted molar refractivity (Wildman–Crippen MR) is 97.2 cm³/mol. The smallest absolute Gasteiger partial charge is 0.0541 e. The molecule has 0 fully saturated rings. The molecule has 0 aliphatic rings. The summed E-state index contributed by atoms with van der Waals surface area (Å²) >= 11 is 0. The van der Waals surface area contributed by atoms with Gasteiger partial charge in [-0.25, -0.2) is 0 Å². The third-order valence-electron chi connectivity index (χ3n) is 4.60. The number of aliphatic hydroxyl groups is 2. The van der Waals surface area contributed by atoms with Crippen molar-refractivity contribution in [2.75, 3.05) is 0 Å². The molecule has 0 aliphatic heterocycles. The SMILES string of the molecule is CCCCCCCCCCCCCC(O)CCC(O)CCC. The van der Waals surface area contributed by atoms with E-state index in [0.29, 0.717) is 0 Å². The van der Waals surface area contributed by atoms with E-state index in [2.05, 4.69) is 13.8 Å². The molecule has 0 aromatic heterocycles. The van der Waals surface area contributed by atoms with E-state index in [-0.39, 0.29) is 12.2 Å². The van der Waals surface area contributed by atoms with Gasteiger partial charge in [-0.05, 0) is 25.7 Å². The van der Waals surface area contributed by atoms with Crippen molar-refractivity contribution in [3.8, 4) is 0 Å². The minimum absolute atomic E-state index is 0.204. The van der Waals surface area contributed by atoms with E-state index >= 15 is 0 Å². The Morgan fingerprint density at radius 2 is 0.864 bits per heavy atom. The topological polar surface area (TPSA) is 40.5 Å². The van der Waals surface area contributed by atoms with Crippen molar-refractivity contribution in [1.82, 2.24) is 0 Å². The van der Waals surface area contributed by atoms with Gasteiger partial charge >= 0.3 is 0 Å². The van der Waals surface area contributed by atoms with Gasteiger partial charge in [-0.2, -0.15) is 0 Å². The summed E-state index contributed by atoms with van der Waals surface area (Å²) in [6.07, 6.45) is 18.8. The first-order chi connectivity index (χ1) is 10.7. The number of unbranched alkanes of at least 4 members (excludes halogenated alkanes) is 10. The molecule has 22 heavy (non-hydrogen) atoms. The Hall–Kier alpha value is -0.0800. The summed E-state index contributed by atoms with van der Waals surface area (Å²) in [5.41, 5.74) is 0. The Balaban J connectivity index is 3.18. The van der Waals surface area contributed by atoms with Crippen LogP contribution in [-0.2, 0) is 0 Å². The highest BCUT2D eigenvalue weighted by molar-refractivity contribution is 4.61. The highest BCUT2D eigenvalue weighted by Crippen LogP contribution is 2.14. The molecule has 2 atom stereocenters. The molecule has 0 spiro atoms. The summed E-state index contributed by atoms with van der Waals surface area (Å²) in [6.45, 7) is 4.36. The first kappa shape index (κ1) is 21.9. The van der Waals surface area contributed by atoms with Crippen molar-refractivity contribution >= 4 is 0 Å². The lowest BCUT2D eigenvalue weighted by Gasteiger charge is -2.13. The molecule has 0 radical (unpaired) electrons. The van der Waals surface area contributed by atoms with Crippen LogP contribution < -0.4 is 0 Å². The summed E-state index contributed by atoms with van der Waals surface area (Å²) in [5.74, 6) is 0. The maximum Gasteiger partial charge on any atom is 0.0541 e. The molecule has 0 aromatic rings.